The Balaban J connectivity index is 1.80. The van der Waals surface area contributed by atoms with Crippen LogP contribution >= 0.6 is 0 Å². The van der Waals surface area contributed by atoms with Crippen molar-refractivity contribution in [2.75, 3.05) is 0 Å². The Bertz CT molecular complexity index is 676. The summed E-state index contributed by atoms with van der Waals surface area (Å²) in [5.74, 6) is -0.414. The molecule has 2 aromatic carbocycles. The van der Waals surface area contributed by atoms with Crippen LogP contribution in [0, 0.1) is 0 Å². The predicted molar refractivity (Wildman–Crippen MR) is 77.7 cm³/mol. The van der Waals surface area contributed by atoms with Gasteiger partial charge in [0.25, 0.3) is 0 Å². The molecule has 3 rings (SSSR count). The molecular formula is C17H14O4. The number of para-hydroxylation sites is 1. The predicted octanol–water partition coefficient (Wildman–Crippen LogP) is 3.09. The van der Waals surface area contributed by atoms with Crippen LogP contribution in [0.1, 0.15) is 11.1 Å². The minimum Gasteiger partial charge on any atom is -0.478 e. The lowest BCUT2D eigenvalue weighted by Gasteiger charge is -2.25. The van der Waals surface area contributed by atoms with Gasteiger partial charge in [-0.15, -0.1) is 0 Å². The summed E-state index contributed by atoms with van der Waals surface area (Å²) in [6.07, 6.45) is 0.689. The van der Waals surface area contributed by atoms with Crippen molar-refractivity contribution in [1.29, 1.82) is 0 Å². The first kappa shape index (κ1) is 13.4. The van der Waals surface area contributed by atoms with E-state index in [9.17, 15) is 9.90 Å². The van der Waals surface area contributed by atoms with E-state index in [4.69, 9.17) is 9.47 Å². The van der Waals surface area contributed by atoms with E-state index in [-0.39, 0.29) is 12.2 Å². The zero-order valence-electron chi connectivity index (χ0n) is 11.2. The summed E-state index contributed by atoms with van der Waals surface area (Å²) in [4.78, 5) is 11.4. The Morgan fingerprint density at radius 1 is 1.10 bits per heavy atom. The highest BCUT2D eigenvalue weighted by atomic mass is 16.7. The van der Waals surface area contributed by atoms with E-state index >= 15 is 0 Å². The average molecular weight is 282 g/mol. The standard InChI is InChI=1S/C17H14O4/c18-16(19)14-10-13-8-4-5-9-15(13)21-17(14)20-11-12-6-2-1-3-7-12/h1-10,17H,11H2,(H,18,19). The second kappa shape index (κ2) is 5.81. The van der Waals surface area contributed by atoms with E-state index < -0.39 is 12.3 Å². The minimum absolute atomic E-state index is 0.102. The van der Waals surface area contributed by atoms with Gasteiger partial charge in [-0.25, -0.2) is 4.79 Å². The van der Waals surface area contributed by atoms with Gasteiger partial charge in [-0.05, 0) is 17.7 Å². The number of ether oxygens (including phenoxy) is 2. The van der Waals surface area contributed by atoms with Crippen molar-refractivity contribution in [3.63, 3.8) is 0 Å². The monoisotopic (exact) mass is 282 g/mol. The summed E-state index contributed by atoms with van der Waals surface area (Å²) in [5, 5.41) is 9.30. The molecule has 0 fully saturated rings. The average Bonchev–Trinajstić information content (AvgIpc) is 2.53. The van der Waals surface area contributed by atoms with Crippen molar-refractivity contribution in [2.45, 2.75) is 12.9 Å². The highest BCUT2D eigenvalue weighted by Gasteiger charge is 2.28. The van der Waals surface area contributed by atoms with Gasteiger partial charge in [0, 0.05) is 5.56 Å². The molecule has 0 amide bonds. The van der Waals surface area contributed by atoms with Crippen LogP contribution in [0.5, 0.6) is 5.75 Å². The number of fused-ring (bicyclic) bond motifs is 1. The quantitative estimate of drug-likeness (QED) is 0.936. The summed E-state index contributed by atoms with van der Waals surface area (Å²) in [6, 6.07) is 16.8. The van der Waals surface area contributed by atoms with Crippen molar-refractivity contribution in [3.8, 4) is 5.75 Å². The molecule has 4 heteroatoms. The van der Waals surface area contributed by atoms with E-state index in [1.165, 1.54) is 0 Å². The van der Waals surface area contributed by atoms with Crippen LogP contribution in [0.15, 0.2) is 60.2 Å². The van der Waals surface area contributed by atoms with Crippen LogP contribution in [-0.2, 0) is 16.1 Å². The molecule has 0 radical (unpaired) electrons. The highest BCUT2D eigenvalue weighted by molar-refractivity contribution is 5.94. The number of carboxylic acid groups (broad SMARTS) is 1. The molecule has 1 unspecified atom stereocenters. The summed E-state index contributed by atoms with van der Waals surface area (Å²) in [6.45, 7) is 0.290. The molecular weight excluding hydrogens is 268 g/mol. The number of rotatable bonds is 4. The number of hydrogen-bond acceptors (Lipinski definition) is 3. The van der Waals surface area contributed by atoms with Crippen LogP contribution in [0.4, 0.5) is 0 Å². The first-order valence-corrected chi connectivity index (χ1v) is 6.60. The van der Waals surface area contributed by atoms with E-state index in [0.29, 0.717) is 5.75 Å². The third kappa shape index (κ3) is 2.95. The van der Waals surface area contributed by atoms with Crippen LogP contribution in [0.3, 0.4) is 0 Å². The molecule has 0 saturated heterocycles. The second-order valence-electron chi connectivity index (χ2n) is 4.69. The van der Waals surface area contributed by atoms with E-state index in [0.717, 1.165) is 11.1 Å². The Labute approximate surface area is 122 Å². The maximum atomic E-state index is 11.4. The number of hydrogen-bond donors (Lipinski definition) is 1. The lowest BCUT2D eigenvalue weighted by molar-refractivity contribution is -0.138. The van der Waals surface area contributed by atoms with Crippen molar-refractivity contribution in [3.05, 3.63) is 71.3 Å². The molecule has 0 spiro atoms. The van der Waals surface area contributed by atoms with Gasteiger partial charge >= 0.3 is 5.97 Å². The topological polar surface area (TPSA) is 55.8 Å². The molecule has 0 aliphatic carbocycles. The van der Waals surface area contributed by atoms with Gasteiger partial charge in [-0.2, -0.15) is 0 Å². The van der Waals surface area contributed by atoms with Crippen LogP contribution in [0.25, 0.3) is 6.08 Å². The van der Waals surface area contributed by atoms with Gasteiger partial charge in [0.1, 0.15) is 11.3 Å². The normalized spacial score (nSPS) is 16.6. The van der Waals surface area contributed by atoms with Crippen molar-refractivity contribution in [1.82, 2.24) is 0 Å². The molecule has 1 aliphatic rings. The Hall–Kier alpha value is -2.59. The number of aliphatic carboxylic acids is 1. The summed E-state index contributed by atoms with van der Waals surface area (Å²) < 4.78 is 11.3. The molecule has 4 nitrogen and oxygen atoms in total. The smallest absolute Gasteiger partial charge is 0.337 e. The summed E-state index contributed by atoms with van der Waals surface area (Å²) in [5.41, 5.74) is 1.81. The molecule has 106 valence electrons. The van der Waals surface area contributed by atoms with E-state index in [2.05, 4.69) is 0 Å². The van der Waals surface area contributed by atoms with Gasteiger partial charge in [-0.1, -0.05) is 48.5 Å². The van der Waals surface area contributed by atoms with Gasteiger partial charge in [0.2, 0.25) is 6.29 Å². The number of benzene rings is 2. The van der Waals surface area contributed by atoms with Crippen LogP contribution in [0.2, 0.25) is 0 Å². The Morgan fingerprint density at radius 3 is 2.57 bits per heavy atom. The number of carbonyl (C=O) groups is 1. The molecule has 1 heterocycles. The Morgan fingerprint density at radius 2 is 1.81 bits per heavy atom. The fraction of sp³-hybridized carbons (Fsp3) is 0.118. The first-order valence-electron chi connectivity index (χ1n) is 6.60. The van der Waals surface area contributed by atoms with Crippen molar-refractivity contribution in [2.24, 2.45) is 0 Å². The molecule has 0 aromatic heterocycles. The first-order chi connectivity index (χ1) is 10.2. The molecule has 0 saturated carbocycles. The van der Waals surface area contributed by atoms with Gasteiger partial charge in [-0.3, -0.25) is 0 Å². The fourth-order valence-electron chi connectivity index (χ4n) is 2.15. The summed E-state index contributed by atoms with van der Waals surface area (Å²) in [7, 11) is 0. The molecule has 1 atom stereocenters. The van der Waals surface area contributed by atoms with Gasteiger partial charge in [0.05, 0.1) is 6.61 Å². The zero-order valence-corrected chi connectivity index (χ0v) is 11.2. The third-order valence-corrected chi connectivity index (χ3v) is 3.21. The second-order valence-corrected chi connectivity index (χ2v) is 4.69. The Kier molecular flexibility index (Phi) is 3.71. The lowest BCUT2D eigenvalue weighted by Crippen LogP contribution is -2.29. The largest absolute Gasteiger partial charge is 0.478 e. The van der Waals surface area contributed by atoms with E-state index in [1.807, 2.05) is 48.5 Å². The molecule has 0 bridgehead atoms. The SMILES string of the molecule is O=C(O)C1=Cc2ccccc2OC1OCc1ccccc1. The van der Waals surface area contributed by atoms with Crippen molar-refractivity contribution >= 4 is 12.0 Å². The van der Waals surface area contributed by atoms with E-state index in [1.54, 1.807) is 12.1 Å². The third-order valence-electron chi connectivity index (χ3n) is 3.21. The molecule has 2 aromatic rings. The van der Waals surface area contributed by atoms with Gasteiger partial charge < -0.3 is 14.6 Å². The number of carboxylic acids is 1. The molecule has 1 N–H and O–H groups in total. The maximum absolute atomic E-state index is 11.4. The minimum atomic E-state index is -1.04. The summed E-state index contributed by atoms with van der Waals surface area (Å²) >= 11 is 0. The van der Waals surface area contributed by atoms with Gasteiger partial charge in [0.15, 0.2) is 0 Å². The highest BCUT2D eigenvalue weighted by Crippen LogP contribution is 2.30. The van der Waals surface area contributed by atoms with Crippen molar-refractivity contribution < 1.29 is 19.4 Å². The van der Waals surface area contributed by atoms with Crippen LogP contribution in [-0.4, -0.2) is 17.4 Å². The molecule has 21 heavy (non-hydrogen) atoms. The lowest BCUT2D eigenvalue weighted by atomic mass is 10.1. The fourth-order valence-corrected chi connectivity index (χ4v) is 2.15. The van der Waals surface area contributed by atoms with Crippen LogP contribution < -0.4 is 4.74 Å². The maximum Gasteiger partial charge on any atom is 0.337 e. The molecule has 1 aliphatic heterocycles. The zero-order chi connectivity index (χ0) is 14.7.